The fourth-order valence-corrected chi connectivity index (χ4v) is 49.2. The van der Waals surface area contributed by atoms with Crippen molar-refractivity contribution < 1.29 is 0 Å². The van der Waals surface area contributed by atoms with Crippen molar-refractivity contribution in [3.63, 3.8) is 0 Å². The molecule has 0 amide bonds. The van der Waals surface area contributed by atoms with Crippen LogP contribution in [0.2, 0.25) is 32.7 Å². The molecule has 52 heavy (non-hydrogen) atoms. The third kappa shape index (κ3) is 7.50. The van der Waals surface area contributed by atoms with Crippen LogP contribution in [0.25, 0.3) is 0 Å². The third-order valence-corrected chi connectivity index (χ3v) is 41.8. The van der Waals surface area contributed by atoms with Gasteiger partial charge < -0.3 is 18.3 Å². The van der Waals surface area contributed by atoms with Gasteiger partial charge in [-0.25, -0.2) is 0 Å². The predicted molar refractivity (Wildman–Crippen MR) is 242 cm³/mol. The van der Waals surface area contributed by atoms with Gasteiger partial charge in [-0.2, -0.15) is 0 Å². The van der Waals surface area contributed by atoms with E-state index in [1.807, 2.05) is 0 Å². The molecule has 3 aromatic carbocycles. The molecule has 5 rings (SSSR count). The lowest BCUT2D eigenvalue weighted by Crippen LogP contribution is -2.98. The summed E-state index contributed by atoms with van der Waals surface area (Å²) in [7, 11) is -10.2. The fourth-order valence-electron chi connectivity index (χ4n) is 8.92. The van der Waals surface area contributed by atoms with Crippen molar-refractivity contribution in [3.8, 4) is 0 Å². The van der Waals surface area contributed by atoms with Crippen molar-refractivity contribution in [2.75, 3.05) is 44.4 Å². The molecule has 2 heterocycles. The summed E-state index contributed by atoms with van der Waals surface area (Å²) >= 11 is 0. The van der Waals surface area contributed by atoms with E-state index in [4.69, 9.17) is 4.65 Å². The van der Waals surface area contributed by atoms with Gasteiger partial charge in [0.1, 0.15) is 15.2 Å². The Morgan fingerprint density at radius 3 is 0.962 bits per heavy atom. The Bertz CT molecular complexity index is 1620. The number of nitrogens with zero attached hydrogens (tertiary/aromatic N) is 4. The molecule has 0 atom stereocenters. The zero-order valence-electron chi connectivity index (χ0n) is 36.1. The van der Waals surface area contributed by atoms with E-state index in [1.165, 1.54) is 22.7 Å². The SMILES string of the molecule is CC(C)(C)CN1c2ccccc2N(CC(C)(C)C)[Si]1(N[Si]1([Si](C)(C)c2ccccc2)N(CC(C)(C)C)c2ccccc2N1CC(C)(C)C)[Si](C)(C)C. The maximum Gasteiger partial charge on any atom is 0.325 e. The highest BCUT2D eigenvalue weighted by Crippen LogP contribution is 2.52. The zero-order chi connectivity index (χ0) is 38.9. The van der Waals surface area contributed by atoms with Gasteiger partial charge in [-0.05, 0) is 45.9 Å². The number of anilines is 4. The Morgan fingerprint density at radius 1 is 0.423 bits per heavy atom. The molecule has 0 radical (unpaired) electrons. The summed E-state index contributed by atoms with van der Waals surface area (Å²) in [6.45, 7) is 47.0. The quantitative estimate of drug-likeness (QED) is 0.219. The van der Waals surface area contributed by atoms with Crippen LogP contribution in [0.15, 0.2) is 78.9 Å². The first kappa shape index (κ1) is 40.9. The lowest BCUT2D eigenvalue weighted by atomic mass is 9.96. The largest absolute Gasteiger partial charge is 0.370 e. The minimum absolute atomic E-state index is 0.0919. The van der Waals surface area contributed by atoms with Gasteiger partial charge in [-0.1, -0.05) is 176 Å². The van der Waals surface area contributed by atoms with Crippen molar-refractivity contribution >= 4 is 59.3 Å². The fraction of sp³-hybridized carbons (Fsp3) is 0.581. The van der Waals surface area contributed by atoms with Crippen LogP contribution >= 0.6 is 0 Å². The number of nitrogens with one attached hydrogen (secondary N) is 1. The number of hydrogen-bond donors (Lipinski definition) is 1. The van der Waals surface area contributed by atoms with Crippen molar-refractivity contribution in [3.05, 3.63) is 78.9 Å². The zero-order valence-corrected chi connectivity index (χ0v) is 40.1. The highest BCUT2D eigenvalue weighted by molar-refractivity contribution is 7.54. The molecule has 9 heteroatoms. The van der Waals surface area contributed by atoms with Crippen molar-refractivity contribution in [1.82, 2.24) is 4.65 Å². The van der Waals surface area contributed by atoms with E-state index < -0.39 is 31.3 Å². The van der Waals surface area contributed by atoms with Gasteiger partial charge in [0.15, 0.2) is 0 Å². The Labute approximate surface area is 323 Å². The minimum atomic E-state index is -2.94. The van der Waals surface area contributed by atoms with E-state index in [0.717, 1.165) is 26.2 Å². The first-order valence-corrected chi connectivity index (χ1v) is 32.1. The van der Waals surface area contributed by atoms with Gasteiger partial charge >= 0.3 is 16.2 Å². The Morgan fingerprint density at radius 2 is 0.692 bits per heavy atom. The normalized spacial score (nSPS) is 17.9. The molecule has 1 N–H and O–H groups in total. The van der Waals surface area contributed by atoms with Gasteiger partial charge in [0, 0.05) is 26.2 Å². The highest BCUT2D eigenvalue weighted by atomic mass is 29.3. The molecule has 3 aromatic rings. The molecule has 5 nitrogen and oxygen atoms in total. The van der Waals surface area contributed by atoms with E-state index in [1.54, 1.807) is 5.19 Å². The maximum atomic E-state index is 5.27. The molecule has 2 aliphatic heterocycles. The molecule has 0 bridgehead atoms. The van der Waals surface area contributed by atoms with Crippen molar-refractivity contribution in [1.29, 1.82) is 0 Å². The van der Waals surface area contributed by atoms with Crippen LogP contribution in [0, 0.1) is 21.7 Å². The summed E-state index contributed by atoms with van der Waals surface area (Å²) in [5, 5.41) is 1.56. The van der Waals surface area contributed by atoms with Gasteiger partial charge in [-0.3, -0.25) is 4.65 Å². The molecule has 0 unspecified atom stereocenters. The molecular formula is C43H73N5Si4. The molecule has 0 aromatic heterocycles. The summed E-state index contributed by atoms with van der Waals surface area (Å²) in [6, 6.07) is 30.7. The van der Waals surface area contributed by atoms with Crippen LogP contribution in [0.4, 0.5) is 22.7 Å². The minimum Gasteiger partial charge on any atom is -0.370 e. The molecule has 2 aliphatic rings. The summed E-state index contributed by atoms with van der Waals surface area (Å²) in [5.74, 6) is 0. The van der Waals surface area contributed by atoms with Crippen molar-refractivity contribution in [2.45, 2.75) is 116 Å². The van der Waals surface area contributed by atoms with Crippen LogP contribution in [-0.4, -0.2) is 57.5 Å². The second-order valence-corrected chi connectivity index (χ2v) is 48.9. The Balaban J connectivity index is 1.99. The standard InChI is InChI=1S/C43H73N5Si4/c1-40(2,3)31-45-36-27-21-22-28-37(36)46(32-41(4,5)6)51(45,49(13,14)15)44-52(50(16,17)35-25-19-18-20-26-35)47(33-42(7,8)9)38-29-23-24-30-39(38)48(52)34-43(10,11)12/h18-30,44H,31-34H2,1-17H3. The molecule has 0 saturated heterocycles. The maximum absolute atomic E-state index is 5.27. The first-order chi connectivity index (χ1) is 23.6. The number of rotatable bonds is 9. The summed E-state index contributed by atoms with van der Waals surface area (Å²) < 4.78 is 17.4. The lowest BCUT2D eigenvalue weighted by molar-refractivity contribution is 0.420. The van der Waals surface area contributed by atoms with Crippen LogP contribution in [0.1, 0.15) is 83.1 Å². The Hall–Kier alpha value is -2.31. The predicted octanol–water partition coefficient (Wildman–Crippen LogP) is 10.4. The van der Waals surface area contributed by atoms with E-state index in [9.17, 15) is 0 Å². The van der Waals surface area contributed by atoms with E-state index >= 15 is 0 Å². The molecule has 0 fully saturated rings. The lowest BCUT2D eigenvalue weighted by Gasteiger charge is -2.61. The first-order valence-electron chi connectivity index (χ1n) is 19.8. The average Bonchev–Trinajstić information content (AvgIpc) is 3.38. The summed E-state index contributed by atoms with van der Waals surface area (Å²) in [6.07, 6.45) is 0. The van der Waals surface area contributed by atoms with Crippen LogP contribution < -0.4 is 28.1 Å². The topological polar surface area (TPSA) is 25.0 Å². The van der Waals surface area contributed by atoms with E-state index in [-0.39, 0.29) is 21.7 Å². The molecule has 0 spiro atoms. The second kappa shape index (κ2) is 13.5. The number of para-hydroxylation sites is 4. The summed E-state index contributed by atoms with van der Waals surface area (Å²) in [4.78, 5) is 0. The van der Waals surface area contributed by atoms with Gasteiger partial charge in [0.2, 0.25) is 0 Å². The van der Waals surface area contributed by atoms with Crippen LogP contribution in [0.3, 0.4) is 0 Å². The molecule has 286 valence electrons. The van der Waals surface area contributed by atoms with Crippen LogP contribution in [-0.2, 0) is 0 Å². The molecular weight excluding hydrogens is 699 g/mol. The molecule has 0 saturated carbocycles. The smallest absolute Gasteiger partial charge is 0.325 e. The van der Waals surface area contributed by atoms with Gasteiger partial charge in [0.25, 0.3) is 0 Å². The third-order valence-electron chi connectivity index (χ3n) is 10.8. The average molecular weight is 772 g/mol. The van der Waals surface area contributed by atoms with Crippen molar-refractivity contribution in [2.24, 2.45) is 21.7 Å². The second-order valence-electron chi connectivity index (χ2n) is 22.3. The highest BCUT2D eigenvalue weighted by Gasteiger charge is 2.73. The monoisotopic (exact) mass is 771 g/mol. The number of hydrogen-bond acceptors (Lipinski definition) is 5. The number of fused-ring (bicyclic) bond motifs is 2. The Kier molecular flexibility index (Phi) is 10.6. The summed E-state index contributed by atoms with van der Waals surface area (Å²) in [5.41, 5.74) is 6.14. The van der Waals surface area contributed by atoms with Gasteiger partial charge in [-0.15, -0.1) is 0 Å². The number of benzene rings is 3. The molecule has 0 aliphatic carbocycles. The van der Waals surface area contributed by atoms with Gasteiger partial charge in [0.05, 0.1) is 22.7 Å². The van der Waals surface area contributed by atoms with Crippen LogP contribution in [0.5, 0.6) is 0 Å². The van der Waals surface area contributed by atoms with E-state index in [0.29, 0.717) is 0 Å². The van der Waals surface area contributed by atoms with E-state index in [2.05, 4.69) is 213 Å².